The molecule has 0 saturated heterocycles. The average molecular weight is 457 g/mol. The molecular formula is C24H40O8. The second kappa shape index (κ2) is 16.9. The Morgan fingerprint density at radius 2 is 1.34 bits per heavy atom. The molecule has 0 aliphatic rings. The number of aliphatic hydroxyl groups excluding tert-OH is 5. The highest BCUT2D eigenvalue weighted by atomic mass is 16.5. The zero-order valence-electron chi connectivity index (χ0n) is 19.1. The molecule has 1 aromatic rings. The summed E-state index contributed by atoms with van der Waals surface area (Å²) in [7, 11) is 0. The first-order valence-electron chi connectivity index (χ1n) is 11.6. The molecule has 8 heteroatoms. The van der Waals surface area contributed by atoms with Crippen LogP contribution in [0.25, 0.3) is 0 Å². The smallest absolute Gasteiger partial charge is 0.338 e. The molecule has 5 N–H and O–H groups in total. The second-order valence-electron chi connectivity index (χ2n) is 8.10. The first-order valence-corrected chi connectivity index (χ1v) is 11.6. The summed E-state index contributed by atoms with van der Waals surface area (Å²) < 4.78 is 10.6. The Labute approximate surface area is 190 Å². The summed E-state index contributed by atoms with van der Waals surface area (Å²) in [5.41, 5.74) is 0.248. The molecule has 0 amide bonds. The van der Waals surface area contributed by atoms with Gasteiger partial charge in [-0.1, -0.05) is 58.3 Å². The van der Waals surface area contributed by atoms with E-state index < -0.39 is 43.6 Å². The maximum Gasteiger partial charge on any atom is 0.338 e. The third-order valence-electron chi connectivity index (χ3n) is 5.32. The highest BCUT2D eigenvalue weighted by molar-refractivity contribution is 5.89. The van der Waals surface area contributed by atoms with E-state index in [4.69, 9.17) is 14.6 Å². The standard InChI is InChI=1S/C24H40O8/c1-2-3-4-5-6-7-8-9-10-15-31-19-13-11-18(12-14-19)24(30)32-17-21(27)23(29)22(28)20(26)16-25/h11-14,20-23,25-29H,2-10,15-17H2,1H3/t20-,21+,22+,23+/m0/s1. The number of carbonyl (C=O) groups is 1. The Balaban J connectivity index is 2.24. The van der Waals surface area contributed by atoms with Crippen LogP contribution in [0.15, 0.2) is 24.3 Å². The van der Waals surface area contributed by atoms with E-state index in [1.807, 2.05) is 0 Å². The van der Waals surface area contributed by atoms with Crippen molar-refractivity contribution in [2.45, 2.75) is 89.1 Å². The van der Waals surface area contributed by atoms with Gasteiger partial charge in [-0.05, 0) is 30.7 Å². The van der Waals surface area contributed by atoms with Gasteiger partial charge in [-0.15, -0.1) is 0 Å². The van der Waals surface area contributed by atoms with Crippen LogP contribution < -0.4 is 4.74 Å². The first kappa shape index (κ1) is 28.3. The highest BCUT2D eigenvalue weighted by Gasteiger charge is 2.30. The summed E-state index contributed by atoms with van der Waals surface area (Å²) in [6.07, 6.45) is 4.41. The lowest BCUT2D eigenvalue weighted by molar-refractivity contribution is -0.124. The van der Waals surface area contributed by atoms with E-state index in [9.17, 15) is 25.2 Å². The third-order valence-corrected chi connectivity index (χ3v) is 5.32. The van der Waals surface area contributed by atoms with Gasteiger partial charge in [-0.3, -0.25) is 0 Å². The topological polar surface area (TPSA) is 137 Å². The van der Waals surface area contributed by atoms with E-state index >= 15 is 0 Å². The largest absolute Gasteiger partial charge is 0.494 e. The number of rotatable bonds is 18. The number of hydrogen-bond donors (Lipinski definition) is 5. The molecule has 0 aromatic heterocycles. The number of ether oxygens (including phenoxy) is 2. The Bertz CT molecular complexity index is 607. The van der Waals surface area contributed by atoms with Crippen molar-refractivity contribution in [3.63, 3.8) is 0 Å². The van der Waals surface area contributed by atoms with Crippen LogP contribution in [0.2, 0.25) is 0 Å². The molecule has 0 spiro atoms. The van der Waals surface area contributed by atoms with Gasteiger partial charge in [0.2, 0.25) is 0 Å². The van der Waals surface area contributed by atoms with Crippen molar-refractivity contribution in [3.8, 4) is 5.75 Å². The molecule has 0 bridgehead atoms. The summed E-state index contributed by atoms with van der Waals surface area (Å²) in [5, 5.41) is 47.1. The van der Waals surface area contributed by atoms with Crippen LogP contribution in [-0.4, -0.2) is 75.7 Å². The van der Waals surface area contributed by atoms with Gasteiger partial charge < -0.3 is 35.0 Å². The summed E-state index contributed by atoms with van der Waals surface area (Å²) in [5.74, 6) is -0.0587. The zero-order chi connectivity index (χ0) is 23.8. The SMILES string of the molecule is CCCCCCCCCCCOc1ccc(C(=O)OC[C@@H](O)[C@@H](O)[C@H](O)[C@@H](O)CO)cc1. The fraction of sp³-hybridized carbons (Fsp3) is 0.708. The maximum atomic E-state index is 12.1. The summed E-state index contributed by atoms with van der Waals surface area (Å²) in [4.78, 5) is 12.1. The lowest BCUT2D eigenvalue weighted by Crippen LogP contribution is -2.47. The molecule has 1 aromatic carbocycles. The molecule has 1 rings (SSSR count). The van der Waals surface area contributed by atoms with E-state index in [-0.39, 0.29) is 5.56 Å². The molecule has 0 aliphatic heterocycles. The van der Waals surface area contributed by atoms with Gasteiger partial charge in [-0.25, -0.2) is 4.79 Å². The van der Waals surface area contributed by atoms with Crippen LogP contribution in [0, 0.1) is 0 Å². The summed E-state index contributed by atoms with van der Waals surface area (Å²) in [6, 6.07) is 6.41. The molecule has 8 nitrogen and oxygen atoms in total. The lowest BCUT2D eigenvalue weighted by atomic mass is 10.0. The van der Waals surface area contributed by atoms with Crippen LogP contribution in [0.3, 0.4) is 0 Å². The molecular weight excluding hydrogens is 416 g/mol. The van der Waals surface area contributed by atoms with Gasteiger partial charge in [-0.2, -0.15) is 0 Å². The number of benzene rings is 1. The van der Waals surface area contributed by atoms with Crippen molar-refractivity contribution in [1.82, 2.24) is 0 Å². The predicted octanol–water partition coefficient (Wildman–Crippen LogP) is 2.19. The monoisotopic (exact) mass is 456 g/mol. The van der Waals surface area contributed by atoms with E-state index in [0.29, 0.717) is 12.4 Å². The Morgan fingerprint density at radius 1 is 0.812 bits per heavy atom. The van der Waals surface area contributed by atoms with E-state index in [0.717, 1.165) is 12.8 Å². The van der Waals surface area contributed by atoms with Gasteiger partial charge in [0, 0.05) is 0 Å². The first-order chi connectivity index (χ1) is 15.4. The molecule has 0 saturated carbocycles. The van der Waals surface area contributed by atoms with Crippen molar-refractivity contribution < 1.29 is 39.8 Å². The predicted molar refractivity (Wildman–Crippen MR) is 121 cm³/mol. The molecule has 0 aliphatic carbocycles. The Morgan fingerprint density at radius 3 is 1.91 bits per heavy atom. The number of aliphatic hydroxyl groups is 5. The van der Waals surface area contributed by atoms with Crippen LogP contribution in [0.1, 0.15) is 75.1 Å². The highest BCUT2D eigenvalue weighted by Crippen LogP contribution is 2.15. The number of carbonyl (C=O) groups excluding carboxylic acids is 1. The van der Waals surface area contributed by atoms with Gasteiger partial charge in [0.15, 0.2) is 0 Å². The normalized spacial score (nSPS) is 15.1. The average Bonchev–Trinajstić information content (AvgIpc) is 2.82. The Kier molecular flexibility index (Phi) is 14.9. The van der Waals surface area contributed by atoms with Crippen molar-refractivity contribution in [2.75, 3.05) is 19.8 Å². The van der Waals surface area contributed by atoms with E-state index in [2.05, 4.69) is 6.92 Å². The van der Waals surface area contributed by atoms with Gasteiger partial charge >= 0.3 is 5.97 Å². The minimum Gasteiger partial charge on any atom is -0.494 e. The second-order valence-corrected chi connectivity index (χ2v) is 8.10. The zero-order valence-corrected chi connectivity index (χ0v) is 19.1. The molecule has 0 unspecified atom stereocenters. The molecule has 0 heterocycles. The molecule has 184 valence electrons. The molecule has 0 fully saturated rings. The van der Waals surface area contributed by atoms with Crippen LogP contribution >= 0.6 is 0 Å². The van der Waals surface area contributed by atoms with Crippen LogP contribution in [-0.2, 0) is 4.74 Å². The van der Waals surface area contributed by atoms with Crippen molar-refractivity contribution in [2.24, 2.45) is 0 Å². The summed E-state index contributed by atoms with van der Waals surface area (Å²) >= 11 is 0. The fourth-order valence-electron chi connectivity index (χ4n) is 3.20. The number of esters is 1. The molecule has 0 radical (unpaired) electrons. The lowest BCUT2D eigenvalue weighted by Gasteiger charge is -2.25. The minimum atomic E-state index is -1.78. The van der Waals surface area contributed by atoms with Gasteiger partial charge in [0.25, 0.3) is 0 Å². The quantitative estimate of drug-likeness (QED) is 0.167. The molecule has 32 heavy (non-hydrogen) atoms. The fourth-order valence-corrected chi connectivity index (χ4v) is 3.20. The maximum absolute atomic E-state index is 12.1. The van der Waals surface area contributed by atoms with Crippen molar-refractivity contribution in [1.29, 1.82) is 0 Å². The molecule has 4 atom stereocenters. The van der Waals surface area contributed by atoms with Crippen LogP contribution in [0.5, 0.6) is 5.75 Å². The summed E-state index contributed by atoms with van der Waals surface area (Å²) in [6.45, 7) is 1.48. The minimum absolute atomic E-state index is 0.248. The Hall–Kier alpha value is -1.71. The van der Waals surface area contributed by atoms with Crippen molar-refractivity contribution in [3.05, 3.63) is 29.8 Å². The third kappa shape index (κ3) is 11.2. The van der Waals surface area contributed by atoms with Crippen molar-refractivity contribution >= 4 is 5.97 Å². The van der Waals surface area contributed by atoms with Crippen LogP contribution in [0.4, 0.5) is 0 Å². The van der Waals surface area contributed by atoms with Gasteiger partial charge in [0.05, 0.1) is 18.8 Å². The number of unbranched alkanes of at least 4 members (excludes halogenated alkanes) is 8. The van der Waals surface area contributed by atoms with E-state index in [1.54, 1.807) is 24.3 Å². The van der Waals surface area contributed by atoms with Gasteiger partial charge in [0.1, 0.15) is 36.8 Å². The van der Waals surface area contributed by atoms with E-state index in [1.165, 1.54) is 44.9 Å². The number of hydrogen-bond acceptors (Lipinski definition) is 8.